The van der Waals surface area contributed by atoms with Crippen molar-refractivity contribution in [3.63, 3.8) is 0 Å². The normalized spacial score (nSPS) is 28.7. The molecule has 0 radical (unpaired) electrons. The fraction of sp³-hybridized carbons (Fsp3) is 0.500. The first-order chi connectivity index (χ1) is 21.7. The van der Waals surface area contributed by atoms with Crippen molar-refractivity contribution in [1.82, 2.24) is 0 Å². The molecule has 3 fully saturated rings. The van der Waals surface area contributed by atoms with Gasteiger partial charge in [-0.2, -0.15) is 0 Å². The number of thioether (sulfide) groups is 2. The van der Waals surface area contributed by atoms with Crippen molar-refractivity contribution in [3.05, 3.63) is 96.7 Å². The monoisotopic (exact) mass is 655 g/mol. The van der Waals surface area contributed by atoms with Crippen LogP contribution in [0.4, 0.5) is 5.69 Å². The molecule has 5 rings (SSSR count). The van der Waals surface area contributed by atoms with Crippen molar-refractivity contribution >= 4 is 41.1 Å². The fourth-order valence-corrected chi connectivity index (χ4v) is 9.28. The maximum atomic E-state index is 13.0. The molecule has 236 valence electrons. The zero-order valence-electron chi connectivity index (χ0n) is 24.0. The standard InChI is InChI=1S/C28H29N7O8S2/c1-16-24(42-26(36)18-7-9-19(10-8-18)35(38)39)21(31-33-29)14-23(40-16)41-20-13-22(32-34-30)25(28(15-20)44-11-12-45-28)43-27(37)17-5-3-2-4-6-17/h2-10,16,20-25H,11-15H2,1H3/t16-,20+,21-,22+,23+,24-,25-/m0/s1. The summed E-state index contributed by atoms with van der Waals surface area (Å²) in [5.74, 6) is 0.386. The molecular weight excluding hydrogens is 626 g/mol. The molecule has 1 aliphatic carbocycles. The van der Waals surface area contributed by atoms with E-state index in [9.17, 15) is 30.8 Å². The quantitative estimate of drug-likeness (QED) is 0.0745. The van der Waals surface area contributed by atoms with Crippen LogP contribution in [0.5, 0.6) is 0 Å². The van der Waals surface area contributed by atoms with Crippen LogP contribution >= 0.6 is 23.5 Å². The van der Waals surface area contributed by atoms with E-state index in [2.05, 4.69) is 20.1 Å². The van der Waals surface area contributed by atoms with Crippen molar-refractivity contribution < 1.29 is 33.5 Å². The average molecular weight is 656 g/mol. The van der Waals surface area contributed by atoms with Gasteiger partial charge in [0.2, 0.25) is 0 Å². The molecule has 15 nitrogen and oxygen atoms in total. The lowest BCUT2D eigenvalue weighted by molar-refractivity contribution is -0.384. The number of non-ortho nitro benzene ring substituents is 1. The molecule has 2 heterocycles. The molecule has 1 saturated carbocycles. The van der Waals surface area contributed by atoms with Gasteiger partial charge in [0, 0.05) is 46.3 Å². The third kappa shape index (κ3) is 7.47. The average Bonchev–Trinajstić information content (AvgIpc) is 3.49. The van der Waals surface area contributed by atoms with E-state index in [1.165, 1.54) is 24.3 Å². The summed E-state index contributed by atoms with van der Waals surface area (Å²) in [5, 5.41) is 18.8. The van der Waals surface area contributed by atoms with Crippen LogP contribution in [-0.2, 0) is 18.9 Å². The minimum atomic E-state index is -0.945. The number of ether oxygens (including phenoxy) is 4. The number of hydrogen-bond donors (Lipinski definition) is 0. The Hall–Kier alpha value is -3.98. The van der Waals surface area contributed by atoms with Gasteiger partial charge in [0.1, 0.15) is 16.3 Å². The largest absolute Gasteiger partial charge is 0.456 e. The van der Waals surface area contributed by atoms with Crippen LogP contribution in [0, 0.1) is 10.1 Å². The van der Waals surface area contributed by atoms with E-state index in [1.807, 2.05) is 0 Å². The van der Waals surface area contributed by atoms with Gasteiger partial charge in [0.25, 0.3) is 5.69 Å². The van der Waals surface area contributed by atoms with E-state index >= 15 is 0 Å². The van der Waals surface area contributed by atoms with Gasteiger partial charge in [-0.3, -0.25) is 10.1 Å². The van der Waals surface area contributed by atoms with Gasteiger partial charge in [0.15, 0.2) is 6.29 Å². The molecular formula is C28H29N7O8S2. The number of nitrogens with zero attached hydrogens (tertiary/aromatic N) is 7. The summed E-state index contributed by atoms with van der Waals surface area (Å²) < 4.78 is 23.5. The topological polar surface area (TPSA) is 212 Å². The van der Waals surface area contributed by atoms with Crippen molar-refractivity contribution in [2.45, 2.75) is 73.1 Å². The first kappa shape index (κ1) is 32.4. The van der Waals surface area contributed by atoms with Crippen LogP contribution in [0.1, 0.15) is 46.9 Å². The number of carbonyl (C=O) groups is 2. The first-order valence-corrected chi connectivity index (χ1v) is 16.1. The highest BCUT2D eigenvalue weighted by atomic mass is 32.2. The fourth-order valence-electron chi connectivity index (χ4n) is 5.74. The SMILES string of the molecule is C[C@@H]1O[C@H](O[C@@H]2C[C@@H](N=[N+]=[N-])[C@H](OC(=O)c3ccccc3)C3(C2)SCCS3)C[C@H](N=[N+]=[N-])[C@H]1OC(=O)c1ccc([N+](=O)[O-])cc1. The second-order valence-electron chi connectivity index (χ2n) is 10.6. The Labute approximate surface area is 265 Å². The zero-order valence-corrected chi connectivity index (χ0v) is 25.6. The van der Waals surface area contributed by atoms with E-state index < -0.39 is 63.7 Å². The molecule has 0 bridgehead atoms. The number of nitro benzene ring substituents is 1. The van der Waals surface area contributed by atoms with Gasteiger partial charge in [-0.15, -0.1) is 23.5 Å². The number of hydrogen-bond acceptors (Lipinski definition) is 12. The van der Waals surface area contributed by atoms with Gasteiger partial charge >= 0.3 is 11.9 Å². The predicted octanol–water partition coefficient (Wildman–Crippen LogP) is 6.19. The Morgan fingerprint density at radius 2 is 1.58 bits per heavy atom. The highest BCUT2D eigenvalue weighted by Gasteiger charge is 2.55. The third-order valence-corrected chi connectivity index (χ3v) is 11.3. The van der Waals surface area contributed by atoms with E-state index in [4.69, 9.17) is 18.9 Å². The van der Waals surface area contributed by atoms with E-state index in [0.717, 1.165) is 11.5 Å². The van der Waals surface area contributed by atoms with Crippen LogP contribution in [0.15, 0.2) is 64.8 Å². The minimum Gasteiger partial charge on any atom is -0.456 e. The molecule has 45 heavy (non-hydrogen) atoms. The van der Waals surface area contributed by atoms with Crippen LogP contribution in [0.25, 0.3) is 20.9 Å². The Morgan fingerprint density at radius 3 is 2.22 bits per heavy atom. The van der Waals surface area contributed by atoms with Gasteiger partial charge in [-0.25, -0.2) is 9.59 Å². The first-order valence-electron chi connectivity index (χ1n) is 14.1. The molecule has 7 atom stereocenters. The van der Waals surface area contributed by atoms with E-state index in [0.29, 0.717) is 12.0 Å². The van der Waals surface area contributed by atoms with Crippen molar-refractivity contribution in [2.24, 2.45) is 10.2 Å². The summed E-state index contributed by atoms with van der Waals surface area (Å²) in [4.78, 5) is 42.2. The summed E-state index contributed by atoms with van der Waals surface area (Å²) >= 11 is 3.29. The van der Waals surface area contributed by atoms with Crippen LogP contribution in [0.2, 0.25) is 0 Å². The second kappa shape index (κ2) is 14.4. The molecule has 1 spiro atoms. The highest BCUT2D eigenvalue weighted by Crippen LogP contribution is 2.55. The van der Waals surface area contributed by atoms with Crippen molar-refractivity contribution in [1.29, 1.82) is 0 Å². The Bertz CT molecular complexity index is 1500. The highest BCUT2D eigenvalue weighted by molar-refractivity contribution is 8.21. The lowest BCUT2D eigenvalue weighted by Gasteiger charge is -2.47. The molecule has 2 aromatic carbocycles. The van der Waals surface area contributed by atoms with Crippen molar-refractivity contribution in [3.8, 4) is 0 Å². The summed E-state index contributed by atoms with van der Waals surface area (Å²) in [7, 11) is 0. The Kier molecular flexibility index (Phi) is 10.4. The molecule has 2 aromatic rings. The zero-order chi connectivity index (χ0) is 32.0. The van der Waals surface area contributed by atoms with E-state index in [-0.39, 0.29) is 24.1 Å². The summed E-state index contributed by atoms with van der Waals surface area (Å²) in [6, 6.07) is 12.1. The number of rotatable bonds is 9. The molecule has 0 unspecified atom stereocenters. The van der Waals surface area contributed by atoms with Crippen LogP contribution in [-0.4, -0.2) is 75.2 Å². The lowest BCUT2D eigenvalue weighted by Crippen LogP contribution is -2.55. The van der Waals surface area contributed by atoms with Gasteiger partial charge < -0.3 is 18.9 Å². The molecule has 17 heteroatoms. The number of esters is 2. The Morgan fingerprint density at radius 1 is 0.956 bits per heavy atom. The molecule has 3 aliphatic rings. The van der Waals surface area contributed by atoms with Crippen molar-refractivity contribution in [2.75, 3.05) is 11.5 Å². The van der Waals surface area contributed by atoms with Gasteiger partial charge in [0.05, 0.1) is 40.3 Å². The Balaban J connectivity index is 1.28. The summed E-state index contributed by atoms with van der Waals surface area (Å²) in [5.41, 5.74) is 19.0. The molecule has 0 N–H and O–H groups in total. The molecule has 2 saturated heterocycles. The van der Waals surface area contributed by atoms with Crippen LogP contribution in [0.3, 0.4) is 0 Å². The molecule has 0 amide bonds. The summed E-state index contributed by atoms with van der Waals surface area (Å²) in [6.07, 6.45) is -2.84. The third-order valence-electron chi connectivity index (χ3n) is 7.76. The predicted molar refractivity (Wildman–Crippen MR) is 165 cm³/mol. The number of benzene rings is 2. The second-order valence-corrected chi connectivity index (χ2v) is 13.7. The maximum absolute atomic E-state index is 13.0. The summed E-state index contributed by atoms with van der Waals surface area (Å²) in [6.45, 7) is 1.66. The molecule has 0 aromatic heterocycles. The van der Waals surface area contributed by atoms with E-state index in [1.54, 1.807) is 60.8 Å². The molecule has 2 aliphatic heterocycles. The van der Waals surface area contributed by atoms with Crippen LogP contribution < -0.4 is 0 Å². The number of azide groups is 2. The van der Waals surface area contributed by atoms with Gasteiger partial charge in [-0.05, 0) is 48.7 Å². The maximum Gasteiger partial charge on any atom is 0.338 e. The number of carbonyl (C=O) groups excluding carboxylic acids is 2. The smallest absolute Gasteiger partial charge is 0.338 e. The number of nitro groups is 1. The lowest BCUT2D eigenvalue weighted by atomic mass is 9.89. The van der Waals surface area contributed by atoms with Gasteiger partial charge in [-0.1, -0.05) is 28.4 Å². The minimum absolute atomic E-state index is 0.0784.